The van der Waals surface area contributed by atoms with Crippen molar-refractivity contribution in [2.24, 2.45) is 0 Å². The SMILES string of the molecule is CC#N.Cc1cc(Cl)c(CC(=O)c2sccc2NS(=O)(=O)c2ccccc2)c(C)c1N1CCCC1. The fraction of sp³-hybridized carbons (Fsp3) is 0.308. The predicted octanol–water partition coefficient (Wildman–Crippen LogP) is 6.37. The zero-order valence-electron chi connectivity index (χ0n) is 20.0. The molecule has 1 aliphatic rings. The summed E-state index contributed by atoms with van der Waals surface area (Å²) in [6.45, 7) is 7.51. The minimum absolute atomic E-state index is 0.117. The lowest BCUT2D eigenvalue weighted by Crippen LogP contribution is -2.21. The predicted molar refractivity (Wildman–Crippen MR) is 143 cm³/mol. The fourth-order valence-corrected chi connectivity index (χ4v) is 6.58. The second-order valence-electron chi connectivity index (χ2n) is 8.23. The first-order chi connectivity index (χ1) is 16.7. The van der Waals surface area contributed by atoms with Gasteiger partial charge < -0.3 is 4.90 Å². The summed E-state index contributed by atoms with van der Waals surface area (Å²) < 4.78 is 28.0. The van der Waals surface area contributed by atoms with Crippen molar-refractivity contribution in [2.45, 2.75) is 44.9 Å². The third kappa shape index (κ3) is 6.23. The first kappa shape index (κ1) is 26.7. The van der Waals surface area contributed by atoms with E-state index >= 15 is 0 Å². The zero-order chi connectivity index (χ0) is 25.6. The maximum absolute atomic E-state index is 13.2. The molecule has 6 nitrogen and oxygen atoms in total. The molecule has 0 aliphatic carbocycles. The molecular formula is C26H28ClN3O3S2. The number of thiophene rings is 1. The van der Waals surface area contributed by atoms with Gasteiger partial charge in [-0.1, -0.05) is 29.8 Å². The molecule has 4 rings (SSSR count). The van der Waals surface area contributed by atoms with E-state index in [1.165, 1.54) is 30.4 Å². The Morgan fingerprint density at radius 1 is 1.17 bits per heavy atom. The van der Waals surface area contributed by atoms with Gasteiger partial charge in [-0.05, 0) is 73.0 Å². The molecule has 2 aromatic carbocycles. The topological polar surface area (TPSA) is 90.3 Å². The van der Waals surface area contributed by atoms with Crippen LogP contribution in [0.4, 0.5) is 11.4 Å². The lowest BCUT2D eigenvalue weighted by Gasteiger charge is -2.25. The van der Waals surface area contributed by atoms with E-state index in [1.54, 1.807) is 35.7 Å². The van der Waals surface area contributed by atoms with Crippen molar-refractivity contribution in [2.75, 3.05) is 22.7 Å². The average molecular weight is 530 g/mol. The Labute approximate surface area is 216 Å². The highest BCUT2D eigenvalue weighted by Crippen LogP contribution is 2.36. The van der Waals surface area contributed by atoms with Gasteiger partial charge in [0.15, 0.2) is 5.78 Å². The molecule has 1 fully saturated rings. The largest absolute Gasteiger partial charge is 0.371 e. The molecule has 9 heteroatoms. The Morgan fingerprint density at radius 3 is 2.43 bits per heavy atom. The van der Waals surface area contributed by atoms with Crippen LogP contribution in [-0.2, 0) is 16.4 Å². The van der Waals surface area contributed by atoms with Crippen LogP contribution >= 0.6 is 22.9 Å². The summed E-state index contributed by atoms with van der Waals surface area (Å²) in [6, 6.07) is 13.4. The second kappa shape index (κ2) is 11.7. The van der Waals surface area contributed by atoms with Gasteiger partial charge in [0.1, 0.15) is 0 Å². The summed E-state index contributed by atoms with van der Waals surface area (Å²) in [6.07, 6.45) is 2.44. The van der Waals surface area contributed by atoms with Gasteiger partial charge in [0.2, 0.25) is 0 Å². The summed E-state index contributed by atoms with van der Waals surface area (Å²) in [7, 11) is -3.78. The number of nitriles is 1. The molecule has 1 saturated heterocycles. The molecule has 0 spiro atoms. The fourth-order valence-electron chi connectivity index (χ4n) is 4.26. The molecule has 1 aromatic heterocycles. The van der Waals surface area contributed by atoms with Gasteiger partial charge in [-0.15, -0.1) is 11.3 Å². The maximum atomic E-state index is 13.2. The standard InChI is InChI=1S/C24H25ClN2O3S2.C2H3N/c1-16-14-20(25)19(17(2)23(16)27-11-6-7-12-27)15-22(28)24-21(10-13-31-24)26-32(29,30)18-8-4-3-5-9-18;1-2-3/h3-5,8-10,13-14,26H,6-7,11-12,15H2,1-2H3;1H3. The summed E-state index contributed by atoms with van der Waals surface area (Å²) in [5.41, 5.74) is 4.39. The average Bonchev–Trinajstić information content (AvgIpc) is 3.50. The van der Waals surface area contributed by atoms with Gasteiger partial charge in [0, 0.05) is 37.1 Å². The van der Waals surface area contributed by atoms with Crippen molar-refractivity contribution in [1.29, 1.82) is 5.26 Å². The van der Waals surface area contributed by atoms with Crippen LogP contribution in [0.15, 0.2) is 52.7 Å². The Morgan fingerprint density at radius 2 is 1.80 bits per heavy atom. The summed E-state index contributed by atoms with van der Waals surface area (Å²) in [5, 5.41) is 9.61. The van der Waals surface area contributed by atoms with Gasteiger partial charge >= 0.3 is 0 Å². The van der Waals surface area contributed by atoms with E-state index < -0.39 is 10.0 Å². The number of aryl methyl sites for hydroxylation is 1. The molecule has 0 atom stereocenters. The summed E-state index contributed by atoms with van der Waals surface area (Å²) >= 11 is 7.79. The number of sulfonamides is 1. The van der Waals surface area contributed by atoms with E-state index in [1.807, 2.05) is 19.9 Å². The van der Waals surface area contributed by atoms with Crippen LogP contribution < -0.4 is 9.62 Å². The van der Waals surface area contributed by atoms with Crippen LogP contribution in [0.2, 0.25) is 5.02 Å². The van der Waals surface area contributed by atoms with E-state index in [2.05, 4.69) is 9.62 Å². The van der Waals surface area contributed by atoms with Crippen molar-refractivity contribution in [3.05, 3.63) is 74.4 Å². The van der Waals surface area contributed by atoms with E-state index in [9.17, 15) is 13.2 Å². The smallest absolute Gasteiger partial charge is 0.261 e. The third-order valence-corrected chi connectivity index (χ3v) is 8.46. The second-order valence-corrected chi connectivity index (χ2v) is 11.2. The van der Waals surface area contributed by atoms with E-state index in [0.717, 1.165) is 48.3 Å². The number of benzene rings is 2. The van der Waals surface area contributed by atoms with Gasteiger partial charge in [-0.3, -0.25) is 9.52 Å². The molecule has 1 aliphatic heterocycles. The number of rotatable bonds is 7. The highest BCUT2D eigenvalue weighted by atomic mass is 35.5. The number of hydrogen-bond acceptors (Lipinski definition) is 6. The van der Waals surface area contributed by atoms with E-state index in [4.69, 9.17) is 16.9 Å². The number of ketones is 1. The van der Waals surface area contributed by atoms with Crippen molar-refractivity contribution < 1.29 is 13.2 Å². The highest BCUT2D eigenvalue weighted by Gasteiger charge is 2.24. The molecule has 35 heavy (non-hydrogen) atoms. The molecule has 0 saturated carbocycles. The summed E-state index contributed by atoms with van der Waals surface area (Å²) in [4.78, 5) is 16.1. The van der Waals surface area contributed by atoms with Crippen LogP contribution in [0.25, 0.3) is 0 Å². The van der Waals surface area contributed by atoms with Gasteiger partial charge in [-0.25, -0.2) is 8.42 Å². The van der Waals surface area contributed by atoms with E-state index in [0.29, 0.717) is 15.6 Å². The summed E-state index contributed by atoms with van der Waals surface area (Å²) in [5.74, 6) is -0.160. The molecule has 0 bridgehead atoms. The van der Waals surface area contributed by atoms with Crippen LogP contribution in [0.5, 0.6) is 0 Å². The van der Waals surface area contributed by atoms with Crippen molar-refractivity contribution in [1.82, 2.24) is 0 Å². The lowest BCUT2D eigenvalue weighted by molar-refractivity contribution is 0.0997. The number of carbonyl (C=O) groups is 1. The molecular weight excluding hydrogens is 502 g/mol. The monoisotopic (exact) mass is 529 g/mol. The molecule has 2 heterocycles. The number of nitrogens with one attached hydrogen (secondary N) is 1. The van der Waals surface area contributed by atoms with Crippen LogP contribution in [0.3, 0.4) is 0 Å². The first-order valence-corrected chi connectivity index (χ1v) is 14.0. The van der Waals surface area contributed by atoms with Crippen molar-refractivity contribution in [3.8, 4) is 6.07 Å². The normalized spacial score (nSPS) is 13.1. The molecule has 184 valence electrons. The quantitative estimate of drug-likeness (QED) is 0.359. The van der Waals surface area contributed by atoms with Crippen molar-refractivity contribution in [3.63, 3.8) is 0 Å². The maximum Gasteiger partial charge on any atom is 0.261 e. The minimum atomic E-state index is -3.78. The zero-order valence-corrected chi connectivity index (χ0v) is 22.4. The highest BCUT2D eigenvalue weighted by molar-refractivity contribution is 7.92. The van der Waals surface area contributed by atoms with E-state index in [-0.39, 0.29) is 17.1 Å². The number of nitrogens with zero attached hydrogens (tertiary/aromatic N) is 2. The van der Waals surface area contributed by atoms with Crippen molar-refractivity contribution >= 4 is 50.1 Å². The lowest BCUT2D eigenvalue weighted by atomic mass is 9.97. The molecule has 0 amide bonds. The molecule has 0 radical (unpaired) electrons. The first-order valence-electron chi connectivity index (χ1n) is 11.2. The Kier molecular flexibility index (Phi) is 8.95. The molecule has 1 N–H and O–H groups in total. The Balaban J connectivity index is 0.00000108. The number of anilines is 2. The van der Waals surface area contributed by atoms with Crippen LogP contribution in [0, 0.1) is 25.2 Å². The van der Waals surface area contributed by atoms with Gasteiger partial charge in [0.25, 0.3) is 10.0 Å². The van der Waals surface area contributed by atoms with Gasteiger partial charge in [-0.2, -0.15) is 5.26 Å². The Hall–Kier alpha value is -2.86. The number of halogens is 1. The number of Topliss-reactive ketones (excluding diaryl/α,β-unsaturated/α-hetero) is 1. The van der Waals surface area contributed by atoms with Crippen LogP contribution in [-0.4, -0.2) is 27.3 Å². The number of carbonyl (C=O) groups excluding carboxylic acids is 1. The minimum Gasteiger partial charge on any atom is -0.371 e. The third-order valence-electron chi connectivity index (χ3n) is 5.79. The Bertz CT molecular complexity index is 1340. The van der Waals surface area contributed by atoms with Crippen LogP contribution in [0.1, 0.15) is 46.1 Å². The number of hydrogen-bond donors (Lipinski definition) is 1. The molecule has 3 aromatic rings. The molecule has 0 unspecified atom stereocenters. The van der Waals surface area contributed by atoms with Gasteiger partial charge in [0.05, 0.1) is 21.5 Å².